The van der Waals surface area contributed by atoms with Crippen molar-refractivity contribution in [1.82, 2.24) is 0 Å². The van der Waals surface area contributed by atoms with Crippen LogP contribution in [0.15, 0.2) is 24.3 Å². The van der Waals surface area contributed by atoms with Gasteiger partial charge in [-0.3, -0.25) is 4.79 Å². The molecule has 1 heterocycles. The van der Waals surface area contributed by atoms with Gasteiger partial charge in [0.1, 0.15) is 5.82 Å². The van der Waals surface area contributed by atoms with Crippen molar-refractivity contribution in [2.75, 3.05) is 13.2 Å². The van der Waals surface area contributed by atoms with E-state index in [1.807, 2.05) is 0 Å². The van der Waals surface area contributed by atoms with Crippen LogP contribution in [-0.4, -0.2) is 24.3 Å². The molecule has 0 amide bonds. The molecule has 1 fully saturated rings. The van der Waals surface area contributed by atoms with Crippen LogP contribution in [0.3, 0.4) is 0 Å². The number of carbonyl (C=O) groups is 1. The summed E-state index contributed by atoms with van der Waals surface area (Å²) in [5.74, 6) is -1.04. The minimum atomic E-state index is -0.811. The first-order chi connectivity index (χ1) is 8.14. The number of benzene rings is 1. The van der Waals surface area contributed by atoms with Crippen molar-refractivity contribution < 1.29 is 19.0 Å². The molecule has 0 saturated carbocycles. The van der Waals surface area contributed by atoms with Crippen LogP contribution in [0.2, 0.25) is 0 Å². The van der Waals surface area contributed by atoms with Gasteiger partial charge in [-0.2, -0.15) is 0 Å². The van der Waals surface area contributed by atoms with Crippen LogP contribution in [0, 0.1) is 5.82 Å². The largest absolute Gasteiger partial charge is 0.481 e. The lowest BCUT2D eigenvalue weighted by atomic mass is 9.74. The Morgan fingerprint density at radius 1 is 1.41 bits per heavy atom. The van der Waals surface area contributed by atoms with Crippen LogP contribution < -0.4 is 0 Å². The third-order valence-electron chi connectivity index (χ3n) is 3.25. The normalized spacial score (nSPS) is 17.5. The van der Waals surface area contributed by atoms with Crippen LogP contribution in [0.1, 0.15) is 24.8 Å². The highest BCUT2D eigenvalue weighted by Crippen LogP contribution is 2.38. The molecule has 1 aromatic rings. The van der Waals surface area contributed by atoms with Crippen molar-refractivity contribution in [3.05, 3.63) is 35.6 Å². The Balaban J connectivity index is 2.09. The summed E-state index contributed by atoms with van der Waals surface area (Å²) < 4.78 is 18.9. The summed E-state index contributed by atoms with van der Waals surface area (Å²) in [5, 5.41) is 8.62. The molecule has 17 heavy (non-hydrogen) atoms. The predicted octanol–water partition coefficient (Wildman–Crippen LogP) is 2.35. The van der Waals surface area contributed by atoms with E-state index in [9.17, 15) is 9.18 Å². The van der Waals surface area contributed by atoms with Gasteiger partial charge in [-0.15, -0.1) is 0 Å². The summed E-state index contributed by atoms with van der Waals surface area (Å²) in [7, 11) is 0. The summed E-state index contributed by atoms with van der Waals surface area (Å²) in [6, 6.07) is 6.66. The zero-order chi connectivity index (χ0) is 12.3. The van der Waals surface area contributed by atoms with E-state index in [0.717, 1.165) is 0 Å². The highest BCUT2D eigenvalue weighted by molar-refractivity contribution is 5.66. The average molecular weight is 238 g/mol. The zero-order valence-electron chi connectivity index (χ0n) is 9.49. The summed E-state index contributed by atoms with van der Waals surface area (Å²) in [6.07, 6.45) is 1.32. The molecule has 2 rings (SSSR count). The average Bonchev–Trinajstić information content (AvgIpc) is 2.23. The summed E-state index contributed by atoms with van der Waals surface area (Å²) in [4.78, 5) is 10.5. The molecular weight excluding hydrogens is 223 g/mol. The maximum absolute atomic E-state index is 13.7. The van der Waals surface area contributed by atoms with Gasteiger partial charge in [-0.1, -0.05) is 18.2 Å². The topological polar surface area (TPSA) is 46.5 Å². The van der Waals surface area contributed by atoms with E-state index >= 15 is 0 Å². The SMILES string of the molecule is O=C(O)CCCC1(c2ccccc2F)COC1. The van der Waals surface area contributed by atoms with Crippen molar-refractivity contribution in [2.24, 2.45) is 0 Å². The maximum Gasteiger partial charge on any atom is 0.303 e. The monoisotopic (exact) mass is 238 g/mol. The molecule has 1 N–H and O–H groups in total. The minimum Gasteiger partial charge on any atom is -0.481 e. The van der Waals surface area contributed by atoms with E-state index in [4.69, 9.17) is 9.84 Å². The number of hydrogen-bond acceptors (Lipinski definition) is 2. The molecule has 1 aliphatic heterocycles. The van der Waals surface area contributed by atoms with Gasteiger partial charge in [0, 0.05) is 11.8 Å². The maximum atomic E-state index is 13.7. The lowest BCUT2D eigenvalue weighted by Gasteiger charge is -2.42. The number of carboxylic acids is 1. The van der Waals surface area contributed by atoms with Gasteiger partial charge in [0.05, 0.1) is 13.2 Å². The molecule has 0 radical (unpaired) electrons. The molecule has 0 aliphatic carbocycles. The first-order valence-corrected chi connectivity index (χ1v) is 5.69. The Morgan fingerprint density at radius 3 is 2.65 bits per heavy atom. The Morgan fingerprint density at radius 2 is 2.12 bits per heavy atom. The van der Waals surface area contributed by atoms with E-state index in [2.05, 4.69) is 0 Å². The summed E-state index contributed by atoms with van der Waals surface area (Å²) in [5.41, 5.74) is 0.331. The molecule has 92 valence electrons. The van der Waals surface area contributed by atoms with E-state index in [1.165, 1.54) is 6.07 Å². The van der Waals surface area contributed by atoms with Crippen molar-refractivity contribution in [3.8, 4) is 0 Å². The molecule has 1 saturated heterocycles. The first-order valence-electron chi connectivity index (χ1n) is 5.69. The number of halogens is 1. The lowest BCUT2D eigenvalue weighted by molar-refractivity contribution is -0.137. The number of aliphatic carboxylic acids is 1. The van der Waals surface area contributed by atoms with Crippen LogP contribution in [-0.2, 0) is 14.9 Å². The first kappa shape index (κ1) is 12.0. The highest BCUT2D eigenvalue weighted by Gasteiger charge is 2.41. The zero-order valence-corrected chi connectivity index (χ0v) is 9.49. The van der Waals surface area contributed by atoms with Gasteiger partial charge in [-0.05, 0) is 24.5 Å². The third kappa shape index (κ3) is 2.47. The molecule has 0 aromatic heterocycles. The number of hydrogen-bond donors (Lipinski definition) is 1. The quantitative estimate of drug-likeness (QED) is 0.856. The van der Waals surface area contributed by atoms with Crippen LogP contribution in [0.4, 0.5) is 4.39 Å². The Kier molecular flexibility index (Phi) is 3.43. The standard InChI is InChI=1S/C13H15FO3/c14-11-5-2-1-4-10(11)13(8-17-9-13)7-3-6-12(15)16/h1-2,4-5H,3,6-9H2,(H,15,16). The fourth-order valence-corrected chi connectivity index (χ4v) is 2.25. The molecule has 3 nitrogen and oxygen atoms in total. The number of rotatable bonds is 5. The Hall–Kier alpha value is -1.42. The summed E-state index contributed by atoms with van der Waals surface area (Å²) in [6.45, 7) is 0.959. The molecule has 1 aliphatic rings. The fourth-order valence-electron chi connectivity index (χ4n) is 2.25. The minimum absolute atomic E-state index is 0.121. The molecular formula is C13H15FO3. The highest BCUT2D eigenvalue weighted by atomic mass is 19.1. The number of carboxylic acid groups (broad SMARTS) is 1. The van der Waals surface area contributed by atoms with Gasteiger partial charge in [0.25, 0.3) is 0 Å². The van der Waals surface area contributed by atoms with Gasteiger partial charge in [-0.25, -0.2) is 4.39 Å². The number of ether oxygens (including phenoxy) is 1. The van der Waals surface area contributed by atoms with Gasteiger partial charge >= 0.3 is 5.97 Å². The van der Waals surface area contributed by atoms with Gasteiger partial charge in [0.15, 0.2) is 0 Å². The molecule has 1 aromatic carbocycles. The Bertz CT molecular complexity index is 413. The van der Waals surface area contributed by atoms with Crippen molar-refractivity contribution >= 4 is 5.97 Å². The second kappa shape index (κ2) is 4.84. The second-order valence-corrected chi connectivity index (χ2v) is 4.50. The van der Waals surface area contributed by atoms with E-state index in [1.54, 1.807) is 18.2 Å². The molecule has 0 bridgehead atoms. The summed E-state index contributed by atoms with van der Waals surface area (Å²) >= 11 is 0. The van der Waals surface area contributed by atoms with E-state index < -0.39 is 5.97 Å². The smallest absolute Gasteiger partial charge is 0.303 e. The van der Waals surface area contributed by atoms with Crippen LogP contribution in [0.25, 0.3) is 0 Å². The van der Waals surface area contributed by atoms with Crippen LogP contribution in [0.5, 0.6) is 0 Å². The molecule has 0 unspecified atom stereocenters. The van der Waals surface area contributed by atoms with Crippen molar-refractivity contribution in [3.63, 3.8) is 0 Å². The molecule has 4 heteroatoms. The second-order valence-electron chi connectivity index (χ2n) is 4.50. The van der Waals surface area contributed by atoms with E-state index in [0.29, 0.717) is 31.6 Å². The molecule has 0 spiro atoms. The van der Waals surface area contributed by atoms with Crippen LogP contribution >= 0.6 is 0 Å². The van der Waals surface area contributed by atoms with Crippen molar-refractivity contribution in [2.45, 2.75) is 24.7 Å². The Labute approximate surface area is 99.2 Å². The van der Waals surface area contributed by atoms with Crippen molar-refractivity contribution in [1.29, 1.82) is 0 Å². The lowest BCUT2D eigenvalue weighted by Crippen LogP contribution is -2.47. The molecule has 0 atom stereocenters. The predicted molar refractivity (Wildman–Crippen MR) is 60.4 cm³/mol. The fraction of sp³-hybridized carbons (Fsp3) is 0.462. The third-order valence-corrected chi connectivity index (χ3v) is 3.25. The van der Waals surface area contributed by atoms with E-state index in [-0.39, 0.29) is 17.7 Å². The van der Waals surface area contributed by atoms with Gasteiger partial charge < -0.3 is 9.84 Å². The van der Waals surface area contributed by atoms with Gasteiger partial charge in [0.2, 0.25) is 0 Å².